The highest BCUT2D eigenvalue weighted by atomic mass is 35.5. The fraction of sp³-hybridized carbons (Fsp3) is 0.444. The molecule has 0 spiro atoms. The molecule has 0 bridgehead atoms. The zero-order chi connectivity index (χ0) is 29.6. The lowest BCUT2D eigenvalue weighted by Gasteiger charge is -2.34. The van der Waals surface area contributed by atoms with Gasteiger partial charge in [0, 0.05) is 24.3 Å². The van der Waals surface area contributed by atoms with Gasteiger partial charge in [-0.15, -0.1) is 0 Å². The summed E-state index contributed by atoms with van der Waals surface area (Å²) in [5, 5.41) is 2.71. The highest BCUT2D eigenvalue weighted by molar-refractivity contribution is 7.91. The second kappa shape index (κ2) is 10.7. The van der Waals surface area contributed by atoms with E-state index in [9.17, 15) is 31.6 Å². The first-order valence-electron chi connectivity index (χ1n) is 12.5. The van der Waals surface area contributed by atoms with Crippen LogP contribution in [0, 0.1) is 11.7 Å². The van der Waals surface area contributed by atoms with Gasteiger partial charge in [0.25, 0.3) is 5.91 Å². The largest absolute Gasteiger partial charge is 0.444 e. The Labute approximate surface area is 234 Å². The molecule has 2 amide bonds. The normalized spacial score (nSPS) is 20.2. The number of alkyl halides is 2. The Kier molecular flexibility index (Phi) is 7.98. The summed E-state index contributed by atoms with van der Waals surface area (Å²) in [6.45, 7) is 4.56. The van der Waals surface area contributed by atoms with Gasteiger partial charge in [-0.3, -0.25) is 9.59 Å². The molecule has 2 aliphatic rings. The lowest BCUT2D eigenvalue weighted by Crippen LogP contribution is -2.51. The minimum atomic E-state index is -4.38. The number of ketones is 1. The van der Waals surface area contributed by atoms with Gasteiger partial charge in [0.05, 0.1) is 28.4 Å². The van der Waals surface area contributed by atoms with Gasteiger partial charge in [-0.05, 0) is 56.5 Å². The van der Waals surface area contributed by atoms with E-state index in [4.69, 9.17) is 16.3 Å². The first-order valence-corrected chi connectivity index (χ1v) is 14.5. The Bertz CT molecular complexity index is 1450. The lowest BCUT2D eigenvalue weighted by molar-refractivity contribution is -0.120. The average Bonchev–Trinajstić information content (AvgIpc) is 2.86. The number of alkyl carbamates (subject to hydrolysis) is 1. The van der Waals surface area contributed by atoms with Crippen molar-refractivity contribution in [2.45, 2.75) is 69.0 Å². The maximum Gasteiger partial charge on any atom is 0.408 e. The molecule has 1 heterocycles. The molecule has 2 aromatic carbocycles. The van der Waals surface area contributed by atoms with E-state index >= 15 is 4.39 Å². The molecule has 4 rings (SSSR count). The van der Waals surface area contributed by atoms with Gasteiger partial charge in [-0.1, -0.05) is 23.7 Å². The minimum Gasteiger partial charge on any atom is -0.444 e. The number of hydrogen-bond donors (Lipinski definition) is 1. The number of anilines is 1. The molecule has 216 valence electrons. The van der Waals surface area contributed by atoms with E-state index in [1.165, 1.54) is 0 Å². The van der Waals surface area contributed by atoms with Crippen molar-refractivity contribution < 1.29 is 40.7 Å². The maximum atomic E-state index is 15.2. The number of rotatable bonds is 6. The van der Waals surface area contributed by atoms with Crippen molar-refractivity contribution >= 4 is 44.9 Å². The molecule has 0 radical (unpaired) electrons. The maximum absolute atomic E-state index is 15.2. The molecule has 1 atom stereocenters. The number of amides is 2. The van der Waals surface area contributed by atoms with Crippen molar-refractivity contribution in [3.8, 4) is 0 Å². The summed E-state index contributed by atoms with van der Waals surface area (Å²) in [6, 6.07) is 6.33. The summed E-state index contributed by atoms with van der Waals surface area (Å²) in [5.41, 5.74) is -1.20. The summed E-state index contributed by atoms with van der Waals surface area (Å²) in [7, 11) is -4.38. The Balaban J connectivity index is 1.76. The van der Waals surface area contributed by atoms with E-state index in [0.29, 0.717) is 16.7 Å². The Morgan fingerprint density at radius 3 is 2.35 bits per heavy atom. The van der Waals surface area contributed by atoms with Crippen LogP contribution in [0.25, 0.3) is 0 Å². The zero-order valence-corrected chi connectivity index (χ0v) is 23.5. The third-order valence-corrected chi connectivity index (χ3v) is 8.54. The Morgan fingerprint density at radius 2 is 1.77 bits per heavy atom. The van der Waals surface area contributed by atoms with Gasteiger partial charge in [-0.25, -0.2) is 26.4 Å². The van der Waals surface area contributed by atoms with Crippen LogP contribution >= 0.6 is 11.6 Å². The van der Waals surface area contributed by atoms with E-state index in [2.05, 4.69) is 5.32 Å². The summed E-state index contributed by atoms with van der Waals surface area (Å²) < 4.78 is 73.7. The summed E-state index contributed by atoms with van der Waals surface area (Å²) in [5.74, 6) is -7.19. The van der Waals surface area contributed by atoms with Crippen molar-refractivity contribution in [3.05, 3.63) is 58.4 Å². The summed E-state index contributed by atoms with van der Waals surface area (Å²) in [4.78, 5) is 39.6. The average molecular weight is 601 g/mol. The third kappa shape index (κ3) is 6.77. The topological polar surface area (TPSA) is 110 Å². The Morgan fingerprint density at radius 1 is 1.15 bits per heavy atom. The van der Waals surface area contributed by atoms with E-state index < -0.39 is 86.0 Å². The van der Waals surface area contributed by atoms with Gasteiger partial charge in [0.15, 0.2) is 15.6 Å². The molecular weight excluding hydrogens is 573 g/mol. The van der Waals surface area contributed by atoms with E-state index in [0.717, 1.165) is 11.0 Å². The number of sulfone groups is 1. The van der Waals surface area contributed by atoms with Crippen molar-refractivity contribution in [3.63, 3.8) is 0 Å². The standard InChI is InChI=1S/C27H28ClF3N2O6S/c1-26(2,3)39-25(36)32-20-14-40(37,38)23-10-19(29)18(22(34)8-16-11-27(30,31)12-16)9-21(23)33(24(20)35)13-15-4-6-17(28)7-5-15/h4-7,9-10,16,20H,8,11-14H2,1-3H3,(H,32,36)/t20-/m0/s1. The zero-order valence-electron chi connectivity index (χ0n) is 22.0. The molecule has 13 heteroatoms. The number of fused-ring (bicyclic) bond motifs is 1. The lowest BCUT2D eigenvalue weighted by atomic mass is 9.77. The van der Waals surface area contributed by atoms with Crippen molar-refractivity contribution in [2.24, 2.45) is 5.92 Å². The first kappa shape index (κ1) is 29.9. The van der Waals surface area contributed by atoms with Crippen LogP contribution in [0.1, 0.15) is 56.0 Å². The number of halogens is 4. The van der Waals surface area contributed by atoms with E-state index in [-0.39, 0.29) is 18.7 Å². The number of benzene rings is 2. The molecule has 0 unspecified atom stereocenters. The van der Waals surface area contributed by atoms with Gasteiger partial charge >= 0.3 is 6.09 Å². The van der Waals surface area contributed by atoms with E-state index in [1.807, 2.05) is 0 Å². The number of nitrogens with one attached hydrogen (secondary N) is 1. The fourth-order valence-corrected chi connectivity index (χ4v) is 6.44. The predicted molar refractivity (Wildman–Crippen MR) is 141 cm³/mol. The van der Waals surface area contributed by atoms with Crippen LogP contribution in [0.15, 0.2) is 41.3 Å². The van der Waals surface area contributed by atoms with E-state index in [1.54, 1.807) is 45.0 Å². The molecule has 2 aromatic rings. The second-order valence-electron chi connectivity index (χ2n) is 11.1. The van der Waals surface area contributed by atoms with Crippen LogP contribution in [0.4, 0.5) is 23.7 Å². The number of carbonyl (C=O) groups excluding carboxylic acids is 3. The summed E-state index contributed by atoms with van der Waals surface area (Å²) >= 11 is 5.96. The molecule has 0 saturated heterocycles. The summed E-state index contributed by atoms with van der Waals surface area (Å²) in [6.07, 6.45) is -2.39. The first-order chi connectivity index (χ1) is 18.4. The Hall–Kier alpha value is -3.12. The molecule has 8 nitrogen and oxygen atoms in total. The van der Waals surface area contributed by atoms with Gasteiger partial charge < -0.3 is 15.0 Å². The molecule has 0 aromatic heterocycles. The molecule has 1 aliphatic carbocycles. The SMILES string of the molecule is CC(C)(C)OC(=O)N[C@H]1CS(=O)(=O)c2cc(F)c(C(=O)CC3CC(F)(F)C3)cc2N(Cc2ccc(Cl)cc2)C1=O. The van der Waals surface area contributed by atoms with Gasteiger partial charge in [0.2, 0.25) is 5.92 Å². The van der Waals surface area contributed by atoms with Gasteiger partial charge in [-0.2, -0.15) is 0 Å². The molecule has 1 N–H and O–H groups in total. The second-order valence-corrected chi connectivity index (χ2v) is 13.5. The molecule has 1 fully saturated rings. The molecular formula is C27H28ClF3N2O6S. The minimum absolute atomic E-state index is 0.209. The number of carbonyl (C=O) groups is 3. The van der Waals surface area contributed by atoms with Crippen LogP contribution in [-0.2, 0) is 25.9 Å². The van der Waals surface area contributed by atoms with Crippen LogP contribution in [0.5, 0.6) is 0 Å². The van der Waals surface area contributed by atoms with Crippen LogP contribution in [0.3, 0.4) is 0 Å². The third-order valence-electron chi connectivity index (χ3n) is 6.52. The molecule has 40 heavy (non-hydrogen) atoms. The van der Waals surface area contributed by atoms with Crippen LogP contribution < -0.4 is 10.2 Å². The van der Waals surface area contributed by atoms with Crippen LogP contribution in [0.2, 0.25) is 5.02 Å². The van der Waals surface area contributed by atoms with Crippen molar-refractivity contribution in [2.75, 3.05) is 10.7 Å². The van der Waals surface area contributed by atoms with Crippen LogP contribution in [-0.4, -0.2) is 49.5 Å². The predicted octanol–water partition coefficient (Wildman–Crippen LogP) is 5.31. The quantitative estimate of drug-likeness (QED) is 0.450. The number of Topliss-reactive ketones (excluding diaryl/α,β-unsaturated/α-hetero) is 1. The fourth-order valence-electron chi connectivity index (χ4n) is 4.69. The van der Waals surface area contributed by atoms with Crippen molar-refractivity contribution in [1.29, 1.82) is 0 Å². The highest BCUT2D eigenvalue weighted by Crippen LogP contribution is 2.45. The molecule has 1 aliphatic heterocycles. The number of nitrogens with zero attached hydrogens (tertiary/aromatic N) is 1. The van der Waals surface area contributed by atoms with Crippen molar-refractivity contribution in [1.82, 2.24) is 5.32 Å². The highest BCUT2D eigenvalue weighted by Gasteiger charge is 2.46. The number of hydrogen-bond acceptors (Lipinski definition) is 6. The molecule has 1 saturated carbocycles. The monoisotopic (exact) mass is 600 g/mol. The smallest absolute Gasteiger partial charge is 0.408 e. The van der Waals surface area contributed by atoms with Gasteiger partial charge in [0.1, 0.15) is 17.5 Å². The number of ether oxygens (including phenoxy) is 1.